The average Bonchev–Trinajstić information content (AvgIpc) is 2.79. The molecule has 17 heavy (non-hydrogen) atoms. The molecule has 3 N–H and O–H groups in total. The summed E-state index contributed by atoms with van der Waals surface area (Å²) in [5, 5.41) is 4.32. The van der Waals surface area contributed by atoms with Crippen molar-refractivity contribution in [1.82, 2.24) is 20.0 Å². The number of nitrogens with one attached hydrogen (secondary N) is 1. The number of nitrogens with zero attached hydrogens (tertiary/aromatic N) is 3. The molecule has 0 aromatic carbocycles. The summed E-state index contributed by atoms with van der Waals surface area (Å²) in [7, 11) is 0. The summed E-state index contributed by atoms with van der Waals surface area (Å²) < 4.78 is 1.83. The maximum Gasteiger partial charge on any atom is 0.0893 e. The van der Waals surface area contributed by atoms with Crippen molar-refractivity contribution in [1.29, 1.82) is 0 Å². The molecule has 0 radical (unpaired) electrons. The Bertz CT molecular complexity index is 474. The Balaban J connectivity index is 2.42. The van der Waals surface area contributed by atoms with Crippen molar-refractivity contribution in [3.05, 3.63) is 30.4 Å². The van der Waals surface area contributed by atoms with Gasteiger partial charge in [-0.3, -0.25) is 16.3 Å². The molecule has 0 fully saturated rings. The lowest BCUT2D eigenvalue weighted by Crippen LogP contribution is -2.33. The van der Waals surface area contributed by atoms with Gasteiger partial charge in [-0.05, 0) is 5.92 Å². The van der Waals surface area contributed by atoms with E-state index in [-0.39, 0.29) is 6.04 Å². The number of nitrogens with two attached hydrogens (primary N) is 1. The smallest absolute Gasteiger partial charge is 0.0893 e. The molecular formula is C12H19N5. The Labute approximate surface area is 101 Å². The van der Waals surface area contributed by atoms with Crippen molar-refractivity contribution in [2.75, 3.05) is 0 Å². The van der Waals surface area contributed by atoms with Gasteiger partial charge in [-0.1, -0.05) is 26.7 Å². The molecule has 2 rings (SSSR count). The van der Waals surface area contributed by atoms with Crippen LogP contribution < -0.4 is 11.3 Å². The van der Waals surface area contributed by atoms with Crippen molar-refractivity contribution < 1.29 is 0 Å². The van der Waals surface area contributed by atoms with Crippen LogP contribution in [0.3, 0.4) is 0 Å². The van der Waals surface area contributed by atoms with Gasteiger partial charge in [-0.15, -0.1) is 0 Å². The quantitative estimate of drug-likeness (QED) is 0.609. The summed E-state index contributed by atoms with van der Waals surface area (Å²) in [6.45, 7) is 4.37. The molecule has 0 bridgehead atoms. The lowest BCUT2D eigenvalue weighted by Gasteiger charge is -2.23. The van der Waals surface area contributed by atoms with Crippen LogP contribution in [0.1, 0.15) is 38.3 Å². The molecule has 2 heterocycles. The first kappa shape index (κ1) is 12.0. The summed E-state index contributed by atoms with van der Waals surface area (Å²) in [4.78, 5) is 4.14. The monoisotopic (exact) mass is 233 g/mol. The van der Waals surface area contributed by atoms with Crippen LogP contribution in [0.4, 0.5) is 0 Å². The second-order valence-electron chi connectivity index (χ2n) is 4.23. The van der Waals surface area contributed by atoms with Gasteiger partial charge in [0.15, 0.2) is 0 Å². The van der Waals surface area contributed by atoms with Crippen molar-refractivity contribution in [3.8, 4) is 0 Å². The molecule has 0 aliphatic heterocycles. The van der Waals surface area contributed by atoms with Crippen molar-refractivity contribution in [2.45, 2.75) is 32.7 Å². The third-order valence-corrected chi connectivity index (χ3v) is 3.39. The standard InChI is InChI=1S/C12H19N5/c1-3-9(4-2)12(16-13)10-7-15-17-6-5-14-8-11(10)17/h5-9,12,16H,3-4,13H2,1-2H3. The highest BCUT2D eigenvalue weighted by Gasteiger charge is 2.22. The third kappa shape index (κ3) is 2.16. The van der Waals surface area contributed by atoms with Crippen LogP contribution in [-0.2, 0) is 0 Å². The Kier molecular flexibility index (Phi) is 3.71. The van der Waals surface area contributed by atoms with E-state index in [1.807, 2.05) is 23.1 Å². The van der Waals surface area contributed by atoms with E-state index in [2.05, 4.69) is 29.4 Å². The van der Waals surface area contributed by atoms with E-state index in [0.29, 0.717) is 5.92 Å². The maximum atomic E-state index is 5.70. The molecular weight excluding hydrogens is 214 g/mol. The Morgan fingerprint density at radius 3 is 2.76 bits per heavy atom. The number of fused-ring (bicyclic) bond motifs is 1. The average molecular weight is 233 g/mol. The number of hydrogen-bond donors (Lipinski definition) is 2. The molecule has 1 atom stereocenters. The van der Waals surface area contributed by atoms with E-state index < -0.39 is 0 Å². The normalized spacial score (nSPS) is 13.4. The van der Waals surface area contributed by atoms with Crippen LogP contribution in [0, 0.1) is 5.92 Å². The summed E-state index contributed by atoms with van der Waals surface area (Å²) in [6, 6.07) is 0.131. The summed E-state index contributed by atoms with van der Waals surface area (Å²) in [5.41, 5.74) is 5.05. The molecule has 92 valence electrons. The Hall–Kier alpha value is -1.46. The molecule has 2 aromatic rings. The van der Waals surface area contributed by atoms with E-state index in [1.54, 1.807) is 6.20 Å². The lowest BCUT2D eigenvalue weighted by molar-refractivity contribution is 0.347. The minimum Gasteiger partial charge on any atom is -0.271 e. The maximum absolute atomic E-state index is 5.70. The number of aromatic nitrogens is 3. The van der Waals surface area contributed by atoms with Gasteiger partial charge in [-0.2, -0.15) is 5.10 Å². The van der Waals surface area contributed by atoms with Crippen LogP contribution in [0.5, 0.6) is 0 Å². The Morgan fingerprint density at radius 1 is 1.35 bits per heavy atom. The predicted molar refractivity (Wildman–Crippen MR) is 67.1 cm³/mol. The van der Waals surface area contributed by atoms with Crippen LogP contribution >= 0.6 is 0 Å². The van der Waals surface area contributed by atoms with Gasteiger partial charge < -0.3 is 0 Å². The number of hydrogen-bond acceptors (Lipinski definition) is 4. The summed E-state index contributed by atoms with van der Waals surface area (Å²) in [6.07, 6.45) is 9.45. The van der Waals surface area contributed by atoms with Gasteiger partial charge >= 0.3 is 0 Å². The zero-order valence-corrected chi connectivity index (χ0v) is 10.3. The van der Waals surface area contributed by atoms with Crippen LogP contribution in [0.15, 0.2) is 24.8 Å². The van der Waals surface area contributed by atoms with Gasteiger partial charge in [0.1, 0.15) is 0 Å². The van der Waals surface area contributed by atoms with Gasteiger partial charge in [-0.25, -0.2) is 4.52 Å². The van der Waals surface area contributed by atoms with Gasteiger partial charge in [0.2, 0.25) is 0 Å². The molecule has 0 spiro atoms. The zero-order valence-electron chi connectivity index (χ0n) is 10.3. The zero-order chi connectivity index (χ0) is 12.3. The number of hydrazine groups is 1. The SMILES string of the molecule is CCC(CC)C(NN)c1cnn2ccncc12. The number of rotatable bonds is 5. The Morgan fingerprint density at radius 2 is 2.12 bits per heavy atom. The fraction of sp³-hybridized carbons (Fsp3) is 0.500. The fourth-order valence-electron chi connectivity index (χ4n) is 2.33. The molecule has 5 nitrogen and oxygen atoms in total. The van der Waals surface area contributed by atoms with Crippen LogP contribution in [0.2, 0.25) is 0 Å². The predicted octanol–water partition coefficient (Wildman–Crippen LogP) is 1.67. The molecule has 5 heteroatoms. The highest BCUT2D eigenvalue weighted by atomic mass is 15.3. The lowest BCUT2D eigenvalue weighted by atomic mass is 9.90. The first-order valence-electron chi connectivity index (χ1n) is 6.05. The molecule has 1 unspecified atom stereocenters. The molecule has 2 aromatic heterocycles. The van der Waals surface area contributed by atoms with Gasteiger partial charge in [0.25, 0.3) is 0 Å². The van der Waals surface area contributed by atoms with Gasteiger partial charge in [0.05, 0.1) is 24.0 Å². The summed E-state index contributed by atoms with van der Waals surface area (Å²) >= 11 is 0. The fourth-order valence-corrected chi connectivity index (χ4v) is 2.33. The first-order valence-corrected chi connectivity index (χ1v) is 6.05. The van der Waals surface area contributed by atoms with E-state index in [9.17, 15) is 0 Å². The molecule has 0 aliphatic carbocycles. The molecule has 0 saturated carbocycles. The van der Waals surface area contributed by atoms with E-state index in [0.717, 1.165) is 23.9 Å². The van der Waals surface area contributed by atoms with E-state index in [1.165, 1.54) is 0 Å². The second kappa shape index (κ2) is 5.25. The van der Waals surface area contributed by atoms with Crippen molar-refractivity contribution >= 4 is 5.52 Å². The van der Waals surface area contributed by atoms with Crippen molar-refractivity contribution in [2.24, 2.45) is 11.8 Å². The molecule has 0 aliphatic rings. The minimum atomic E-state index is 0.131. The molecule has 0 saturated heterocycles. The largest absolute Gasteiger partial charge is 0.271 e. The second-order valence-corrected chi connectivity index (χ2v) is 4.23. The van der Waals surface area contributed by atoms with Crippen molar-refractivity contribution in [3.63, 3.8) is 0 Å². The highest BCUT2D eigenvalue weighted by Crippen LogP contribution is 2.28. The van der Waals surface area contributed by atoms with E-state index >= 15 is 0 Å². The highest BCUT2D eigenvalue weighted by molar-refractivity contribution is 5.53. The van der Waals surface area contributed by atoms with E-state index in [4.69, 9.17) is 5.84 Å². The molecule has 0 amide bonds. The first-order chi connectivity index (χ1) is 8.31. The minimum absolute atomic E-state index is 0.131. The topological polar surface area (TPSA) is 68.2 Å². The van der Waals surface area contributed by atoms with Gasteiger partial charge in [0, 0.05) is 18.0 Å². The third-order valence-electron chi connectivity index (χ3n) is 3.39. The summed E-state index contributed by atoms with van der Waals surface area (Å²) in [5.74, 6) is 6.21. The van der Waals surface area contributed by atoms with Crippen LogP contribution in [-0.4, -0.2) is 14.6 Å². The van der Waals surface area contributed by atoms with Crippen LogP contribution in [0.25, 0.3) is 5.52 Å².